The molecule has 1 aliphatic rings. The van der Waals surface area contributed by atoms with E-state index in [4.69, 9.17) is 5.73 Å². The van der Waals surface area contributed by atoms with Gasteiger partial charge < -0.3 is 5.73 Å². The maximum absolute atomic E-state index is 11.6. The molecule has 2 N–H and O–H groups in total. The molecular weight excluding hydrogens is 174 g/mol. The first-order chi connectivity index (χ1) is 6.52. The summed E-state index contributed by atoms with van der Waals surface area (Å²) >= 11 is 0. The standard InChI is InChI=1S/C12H23NO/c1-10(2)8-11(14)9-12(13)6-4-3-5-7-12/h10H,3-9,13H2,1-2H3. The molecule has 1 rings (SSSR count). The summed E-state index contributed by atoms with van der Waals surface area (Å²) in [5.74, 6) is 0.819. The van der Waals surface area contributed by atoms with Crippen LogP contribution in [0.1, 0.15) is 58.8 Å². The molecule has 2 heteroatoms. The van der Waals surface area contributed by atoms with E-state index < -0.39 is 0 Å². The van der Waals surface area contributed by atoms with Crippen LogP contribution in [0.5, 0.6) is 0 Å². The lowest BCUT2D eigenvalue weighted by molar-refractivity contribution is -0.121. The highest BCUT2D eigenvalue weighted by Gasteiger charge is 2.29. The Hall–Kier alpha value is -0.370. The summed E-state index contributed by atoms with van der Waals surface area (Å²) in [6.45, 7) is 4.17. The maximum atomic E-state index is 11.6. The molecular formula is C12H23NO. The van der Waals surface area contributed by atoms with Crippen LogP contribution in [0, 0.1) is 5.92 Å². The van der Waals surface area contributed by atoms with Gasteiger partial charge in [0.15, 0.2) is 0 Å². The Morgan fingerprint density at radius 3 is 2.36 bits per heavy atom. The number of hydrogen-bond donors (Lipinski definition) is 1. The molecule has 0 heterocycles. The molecule has 14 heavy (non-hydrogen) atoms. The lowest BCUT2D eigenvalue weighted by Crippen LogP contribution is -2.43. The van der Waals surface area contributed by atoms with Crippen molar-refractivity contribution in [2.75, 3.05) is 0 Å². The van der Waals surface area contributed by atoms with Gasteiger partial charge >= 0.3 is 0 Å². The normalized spacial score (nSPS) is 21.1. The van der Waals surface area contributed by atoms with Crippen LogP contribution in [0.2, 0.25) is 0 Å². The largest absolute Gasteiger partial charge is 0.325 e. The topological polar surface area (TPSA) is 43.1 Å². The average molecular weight is 197 g/mol. The molecule has 0 spiro atoms. The predicted molar refractivity (Wildman–Crippen MR) is 59.1 cm³/mol. The van der Waals surface area contributed by atoms with E-state index in [1.807, 2.05) is 0 Å². The zero-order chi connectivity index (χ0) is 10.6. The van der Waals surface area contributed by atoms with Gasteiger partial charge in [-0.2, -0.15) is 0 Å². The van der Waals surface area contributed by atoms with Crippen LogP contribution in [0.3, 0.4) is 0 Å². The molecule has 0 aromatic carbocycles. The summed E-state index contributed by atoms with van der Waals surface area (Å²) in [5.41, 5.74) is 6.05. The Bertz CT molecular complexity index is 192. The summed E-state index contributed by atoms with van der Waals surface area (Å²) in [6.07, 6.45) is 7.06. The molecule has 2 nitrogen and oxygen atoms in total. The van der Waals surface area contributed by atoms with Crippen molar-refractivity contribution in [3.63, 3.8) is 0 Å². The van der Waals surface area contributed by atoms with Crippen LogP contribution in [0.15, 0.2) is 0 Å². The van der Waals surface area contributed by atoms with Crippen LogP contribution in [-0.2, 0) is 4.79 Å². The SMILES string of the molecule is CC(C)CC(=O)CC1(N)CCCCC1. The Morgan fingerprint density at radius 1 is 1.29 bits per heavy atom. The number of ketones is 1. The molecule has 0 amide bonds. The molecule has 0 aromatic heterocycles. The number of nitrogens with two attached hydrogens (primary N) is 1. The summed E-state index contributed by atoms with van der Waals surface area (Å²) < 4.78 is 0. The fourth-order valence-corrected chi connectivity index (χ4v) is 2.35. The maximum Gasteiger partial charge on any atom is 0.134 e. The van der Waals surface area contributed by atoms with E-state index >= 15 is 0 Å². The van der Waals surface area contributed by atoms with Crippen LogP contribution >= 0.6 is 0 Å². The average Bonchev–Trinajstić information content (AvgIpc) is 2.02. The van der Waals surface area contributed by atoms with Gasteiger partial charge in [0.2, 0.25) is 0 Å². The van der Waals surface area contributed by atoms with Crippen molar-refractivity contribution in [2.24, 2.45) is 11.7 Å². The van der Waals surface area contributed by atoms with Gasteiger partial charge in [0.05, 0.1) is 0 Å². The predicted octanol–water partition coefficient (Wildman–Crippen LogP) is 2.65. The van der Waals surface area contributed by atoms with Gasteiger partial charge in [0, 0.05) is 18.4 Å². The van der Waals surface area contributed by atoms with E-state index in [1.54, 1.807) is 0 Å². The van der Waals surface area contributed by atoms with Crippen molar-refractivity contribution >= 4 is 5.78 Å². The van der Waals surface area contributed by atoms with Gasteiger partial charge in [-0.15, -0.1) is 0 Å². The third-order valence-corrected chi connectivity index (χ3v) is 3.03. The fourth-order valence-electron chi connectivity index (χ4n) is 2.35. The minimum absolute atomic E-state index is 0.162. The fraction of sp³-hybridized carbons (Fsp3) is 0.917. The summed E-state index contributed by atoms with van der Waals surface area (Å²) in [6, 6.07) is 0. The molecule has 0 unspecified atom stereocenters. The molecule has 1 saturated carbocycles. The Balaban J connectivity index is 2.37. The molecule has 0 aromatic rings. The minimum Gasteiger partial charge on any atom is -0.325 e. The van der Waals surface area contributed by atoms with E-state index in [0.717, 1.165) is 12.8 Å². The minimum atomic E-state index is -0.162. The lowest BCUT2D eigenvalue weighted by atomic mass is 9.78. The second kappa shape index (κ2) is 4.92. The Labute approximate surface area is 87.2 Å². The van der Waals surface area contributed by atoms with Crippen molar-refractivity contribution in [1.82, 2.24) is 0 Å². The number of rotatable bonds is 4. The first kappa shape index (κ1) is 11.7. The van der Waals surface area contributed by atoms with Crippen LogP contribution in [0.25, 0.3) is 0 Å². The van der Waals surface area contributed by atoms with E-state index in [0.29, 0.717) is 24.5 Å². The third kappa shape index (κ3) is 3.79. The summed E-state index contributed by atoms with van der Waals surface area (Å²) in [5, 5.41) is 0. The van der Waals surface area contributed by atoms with E-state index in [-0.39, 0.29) is 5.54 Å². The van der Waals surface area contributed by atoms with Crippen LogP contribution in [-0.4, -0.2) is 11.3 Å². The highest BCUT2D eigenvalue weighted by atomic mass is 16.1. The number of carbonyl (C=O) groups is 1. The molecule has 1 fully saturated rings. The first-order valence-electron chi connectivity index (χ1n) is 5.82. The number of Topliss-reactive ketones (excluding diaryl/α,β-unsaturated/α-hetero) is 1. The molecule has 82 valence electrons. The number of hydrogen-bond acceptors (Lipinski definition) is 2. The molecule has 0 aliphatic heterocycles. The van der Waals surface area contributed by atoms with E-state index in [2.05, 4.69) is 13.8 Å². The molecule has 0 bridgehead atoms. The molecule has 1 aliphatic carbocycles. The van der Waals surface area contributed by atoms with Crippen LogP contribution < -0.4 is 5.73 Å². The van der Waals surface area contributed by atoms with Gasteiger partial charge in [0.1, 0.15) is 5.78 Å². The third-order valence-electron chi connectivity index (χ3n) is 3.03. The molecule has 0 saturated heterocycles. The van der Waals surface area contributed by atoms with Crippen molar-refractivity contribution in [3.05, 3.63) is 0 Å². The second-order valence-corrected chi connectivity index (χ2v) is 5.24. The van der Waals surface area contributed by atoms with Gasteiger partial charge in [-0.3, -0.25) is 4.79 Å². The van der Waals surface area contributed by atoms with Crippen molar-refractivity contribution in [2.45, 2.75) is 64.3 Å². The van der Waals surface area contributed by atoms with Crippen LogP contribution in [0.4, 0.5) is 0 Å². The summed E-state index contributed by atoms with van der Waals surface area (Å²) in [7, 11) is 0. The summed E-state index contributed by atoms with van der Waals surface area (Å²) in [4.78, 5) is 11.6. The van der Waals surface area contributed by atoms with Gasteiger partial charge in [-0.05, 0) is 18.8 Å². The van der Waals surface area contributed by atoms with Gasteiger partial charge in [-0.1, -0.05) is 33.1 Å². The van der Waals surface area contributed by atoms with E-state index in [9.17, 15) is 4.79 Å². The quantitative estimate of drug-likeness (QED) is 0.753. The highest BCUT2D eigenvalue weighted by Crippen LogP contribution is 2.29. The zero-order valence-corrected chi connectivity index (χ0v) is 9.51. The van der Waals surface area contributed by atoms with Crippen molar-refractivity contribution < 1.29 is 4.79 Å². The first-order valence-corrected chi connectivity index (χ1v) is 5.82. The number of carbonyl (C=O) groups excluding carboxylic acids is 1. The highest BCUT2D eigenvalue weighted by molar-refractivity contribution is 5.79. The van der Waals surface area contributed by atoms with Gasteiger partial charge in [0.25, 0.3) is 0 Å². The monoisotopic (exact) mass is 197 g/mol. The lowest BCUT2D eigenvalue weighted by Gasteiger charge is -2.33. The zero-order valence-electron chi connectivity index (χ0n) is 9.51. The Morgan fingerprint density at radius 2 is 1.86 bits per heavy atom. The molecule has 0 atom stereocenters. The van der Waals surface area contributed by atoms with Gasteiger partial charge in [-0.25, -0.2) is 0 Å². The molecule has 0 radical (unpaired) electrons. The second-order valence-electron chi connectivity index (χ2n) is 5.24. The van der Waals surface area contributed by atoms with E-state index in [1.165, 1.54) is 19.3 Å². The smallest absolute Gasteiger partial charge is 0.134 e. The van der Waals surface area contributed by atoms with Crippen molar-refractivity contribution in [1.29, 1.82) is 0 Å². The Kier molecular flexibility index (Phi) is 4.11. The van der Waals surface area contributed by atoms with Crippen molar-refractivity contribution in [3.8, 4) is 0 Å².